The Morgan fingerprint density at radius 3 is 2.52 bits per heavy atom. The van der Waals surface area contributed by atoms with Crippen LogP contribution < -0.4 is 0 Å². The molecule has 0 bridgehead atoms. The molecular formula is C22H23ClN2O2. The van der Waals surface area contributed by atoms with E-state index in [4.69, 9.17) is 16.0 Å². The van der Waals surface area contributed by atoms with Gasteiger partial charge in [0.25, 0.3) is 5.91 Å². The summed E-state index contributed by atoms with van der Waals surface area (Å²) in [6.45, 7) is 5.74. The zero-order valence-electron chi connectivity index (χ0n) is 15.6. The maximum absolute atomic E-state index is 12.8. The van der Waals surface area contributed by atoms with Gasteiger partial charge in [0.05, 0.1) is 0 Å². The number of oxazole rings is 1. The van der Waals surface area contributed by atoms with Gasteiger partial charge in [-0.15, -0.1) is 0 Å². The van der Waals surface area contributed by atoms with Crippen LogP contribution in [0.1, 0.15) is 60.3 Å². The lowest BCUT2D eigenvalue weighted by Crippen LogP contribution is -2.38. The fourth-order valence-corrected chi connectivity index (χ4v) is 3.78. The Morgan fingerprint density at radius 1 is 1.15 bits per heavy atom. The van der Waals surface area contributed by atoms with E-state index < -0.39 is 0 Å². The number of fused-ring (bicyclic) bond motifs is 1. The van der Waals surface area contributed by atoms with Crippen molar-refractivity contribution in [1.82, 2.24) is 9.88 Å². The Hall–Kier alpha value is -2.33. The number of hydrogen-bond acceptors (Lipinski definition) is 3. The van der Waals surface area contributed by atoms with Crippen molar-refractivity contribution in [3.8, 4) is 0 Å². The Labute approximate surface area is 164 Å². The van der Waals surface area contributed by atoms with Gasteiger partial charge in [0.15, 0.2) is 11.5 Å². The summed E-state index contributed by atoms with van der Waals surface area (Å²) in [4.78, 5) is 19.3. The van der Waals surface area contributed by atoms with Crippen LogP contribution in [0.4, 0.5) is 0 Å². The smallest absolute Gasteiger partial charge is 0.253 e. The second kappa shape index (κ2) is 7.35. The van der Waals surface area contributed by atoms with Crippen LogP contribution in [0, 0.1) is 0 Å². The van der Waals surface area contributed by atoms with E-state index in [1.807, 2.05) is 47.4 Å². The van der Waals surface area contributed by atoms with E-state index in [0.29, 0.717) is 10.9 Å². The molecule has 1 aromatic heterocycles. The zero-order valence-corrected chi connectivity index (χ0v) is 16.4. The number of halogens is 1. The van der Waals surface area contributed by atoms with Gasteiger partial charge in [-0.3, -0.25) is 4.79 Å². The van der Waals surface area contributed by atoms with Crippen LogP contribution in [0.15, 0.2) is 46.9 Å². The summed E-state index contributed by atoms with van der Waals surface area (Å²) in [5, 5.41) is 0.659. The number of aromatic nitrogens is 1. The van der Waals surface area contributed by atoms with Crippen LogP contribution in [0.3, 0.4) is 0 Å². The van der Waals surface area contributed by atoms with Crippen molar-refractivity contribution in [1.29, 1.82) is 0 Å². The fraction of sp³-hybridized carbons (Fsp3) is 0.364. The molecule has 3 aromatic rings. The molecule has 1 amide bonds. The summed E-state index contributed by atoms with van der Waals surface area (Å²) < 4.78 is 5.91. The number of likely N-dealkylation sites (tertiary alicyclic amines) is 1. The standard InChI is InChI=1S/C22H23ClN2O2/c1-14(2)15-3-5-17(6-4-15)22(26)25-11-9-16(10-12-25)21-24-19-13-18(23)7-8-20(19)27-21/h3-8,13-14,16H,9-12H2,1-2H3. The van der Waals surface area contributed by atoms with Crippen molar-refractivity contribution >= 4 is 28.6 Å². The van der Waals surface area contributed by atoms with Crippen molar-refractivity contribution in [2.75, 3.05) is 13.1 Å². The van der Waals surface area contributed by atoms with Crippen molar-refractivity contribution in [3.05, 3.63) is 64.5 Å². The number of benzene rings is 2. The minimum absolute atomic E-state index is 0.105. The van der Waals surface area contributed by atoms with Gasteiger partial charge in [0, 0.05) is 29.6 Å². The molecule has 5 heteroatoms. The van der Waals surface area contributed by atoms with Crippen molar-refractivity contribution in [2.45, 2.75) is 38.5 Å². The van der Waals surface area contributed by atoms with Gasteiger partial charge in [-0.05, 0) is 54.7 Å². The monoisotopic (exact) mass is 382 g/mol. The Bertz CT molecular complexity index is 954. The second-order valence-corrected chi connectivity index (χ2v) is 7.94. The lowest BCUT2D eigenvalue weighted by molar-refractivity contribution is 0.0706. The Balaban J connectivity index is 1.42. The average molecular weight is 383 g/mol. The van der Waals surface area contributed by atoms with Gasteiger partial charge in [0.1, 0.15) is 5.52 Å². The highest BCUT2D eigenvalue weighted by molar-refractivity contribution is 6.31. The molecule has 1 aliphatic rings. The highest BCUT2D eigenvalue weighted by Gasteiger charge is 2.27. The molecule has 0 N–H and O–H groups in total. The quantitative estimate of drug-likeness (QED) is 0.590. The number of carbonyl (C=O) groups is 1. The first-order chi connectivity index (χ1) is 13.0. The third-order valence-electron chi connectivity index (χ3n) is 5.32. The molecule has 0 atom stereocenters. The second-order valence-electron chi connectivity index (χ2n) is 7.51. The summed E-state index contributed by atoms with van der Waals surface area (Å²) in [5.74, 6) is 1.56. The molecule has 1 fully saturated rings. The van der Waals surface area contributed by atoms with E-state index in [9.17, 15) is 4.79 Å². The fourth-order valence-electron chi connectivity index (χ4n) is 3.62. The third-order valence-corrected chi connectivity index (χ3v) is 5.56. The van der Waals surface area contributed by atoms with Gasteiger partial charge in [-0.25, -0.2) is 4.98 Å². The van der Waals surface area contributed by atoms with Gasteiger partial charge in [-0.1, -0.05) is 37.6 Å². The molecule has 1 saturated heterocycles. The summed E-state index contributed by atoms with van der Waals surface area (Å²) in [5.41, 5.74) is 3.56. The summed E-state index contributed by atoms with van der Waals surface area (Å²) in [6, 6.07) is 13.5. The summed E-state index contributed by atoms with van der Waals surface area (Å²) >= 11 is 6.03. The molecule has 1 aliphatic heterocycles. The molecule has 0 aliphatic carbocycles. The molecule has 0 radical (unpaired) electrons. The Kier molecular flexibility index (Phi) is 4.92. The number of nitrogens with zero attached hydrogens (tertiary/aromatic N) is 2. The summed E-state index contributed by atoms with van der Waals surface area (Å²) in [7, 11) is 0. The minimum Gasteiger partial charge on any atom is -0.440 e. The zero-order chi connectivity index (χ0) is 19.0. The van der Waals surface area contributed by atoms with E-state index >= 15 is 0 Å². The third kappa shape index (κ3) is 3.72. The number of piperidine rings is 1. The maximum Gasteiger partial charge on any atom is 0.253 e. The molecule has 0 spiro atoms. The SMILES string of the molecule is CC(C)c1ccc(C(=O)N2CCC(c3nc4cc(Cl)ccc4o3)CC2)cc1. The number of carbonyl (C=O) groups excluding carboxylic acids is 1. The molecule has 0 unspecified atom stereocenters. The first kappa shape index (κ1) is 18.1. The highest BCUT2D eigenvalue weighted by atomic mass is 35.5. The van der Waals surface area contributed by atoms with Crippen LogP contribution in [0.25, 0.3) is 11.1 Å². The van der Waals surface area contributed by atoms with E-state index in [0.717, 1.165) is 48.5 Å². The maximum atomic E-state index is 12.8. The van der Waals surface area contributed by atoms with Crippen molar-refractivity contribution in [2.24, 2.45) is 0 Å². The molecule has 4 rings (SSSR count). The first-order valence-electron chi connectivity index (χ1n) is 9.46. The van der Waals surface area contributed by atoms with E-state index in [1.165, 1.54) is 5.56 Å². The minimum atomic E-state index is 0.105. The summed E-state index contributed by atoms with van der Waals surface area (Å²) in [6.07, 6.45) is 1.72. The van der Waals surface area contributed by atoms with Crippen LogP contribution in [0.5, 0.6) is 0 Å². The van der Waals surface area contributed by atoms with Crippen LogP contribution in [-0.2, 0) is 0 Å². The van der Waals surface area contributed by atoms with Crippen LogP contribution >= 0.6 is 11.6 Å². The van der Waals surface area contributed by atoms with Crippen LogP contribution in [-0.4, -0.2) is 28.9 Å². The van der Waals surface area contributed by atoms with Gasteiger partial charge >= 0.3 is 0 Å². The van der Waals surface area contributed by atoms with Gasteiger partial charge < -0.3 is 9.32 Å². The predicted molar refractivity (Wildman–Crippen MR) is 107 cm³/mol. The average Bonchev–Trinajstić information content (AvgIpc) is 3.11. The van der Waals surface area contributed by atoms with Crippen LogP contribution in [0.2, 0.25) is 5.02 Å². The largest absolute Gasteiger partial charge is 0.440 e. The molecular weight excluding hydrogens is 360 g/mol. The van der Waals surface area contributed by atoms with Crippen molar-refractivity contribution < 1.29 is 9.21 Å². The molecule has 0 saturated carbocycles. The van der Waals surface area contributed by atoms with Gasteiger partial charge in [-0.2, -0.15) is 0 Å². The molecule has 140 valence electrons. The normalized spacial score (nSPS) is 15.6. The lowest BCUT2D eigenvalue weighted by atomic mass is 9.96. The highest BCUT2D eigenvalue weighted by Crippen LogP contribution is 2.31. The molecule has 4 nitrogen and oxygen atoms in total. The van der Waals surface area contributed by atoms with Gasteiger partial charge in [0.2, 0.25) is 0 Å². The molecule has 2 heterocycles. The topological polar surface area (TPSA) is 46.3 Å². The number of rotatable bonds is 3. The molecule has 2 aromatic carbocycles. The van der Waals surface area contributed by atoms with E-state index in [1.54, 1.807) is 0 Å². The van der Waals surface area contributed by atoms with Crippen molar-refractivity contribution in [3.63, 3.8) is 0 Å². The molecule has 27 heavy (non-hydrogen) atoms. The first-order valence-corrected chi connectivity index (χ1v) is 9.84. The lowest BCUT2D eigenvalue weighted by Gasteiger charge is -2.30. The Morgan fingerprint density at radius 2 is 1.85 bits per heavy atom. The van der Waals surface area contributed by atoms with E-state index in [-0.39, 0.29) is 11.8 Å². The number of hydrogen-bond donors (Lipinski definition) is 0. The van der Waals surface area contributed by atoms with E-state index in [2.05, 4.69) is 18.8 Å². The predicted octanol–water partition coefficient (Wildman–Crippen LogP) is 5.62. The number of amides is 1.